The van der Waals surface area contributed by atoms with Crippen LogP contribution in [0.5, 0.6) is 5.75 Å². The number of aryl methyl sites for hydroxylation is 1. The molecule has 0 spiro atoms. The number of aromatic nitrogens is 2. The summed E-state index contributed by atoms with van der Waals surface area (Å²) >= 11 is 0. The highest BCUT2D eigenvalue weighted by Gasteiger charge is 2.09. The first-order valence-corrected chi connectivity index (χ1v) is 7.75. The van der Waals surface area contributed by atoms with Crippen LogP contribution in [0.1, 0.15) is 12.0 Å². The molecule has 3 aromatic rings. The van der Waals surface area contributed by atoms with E-state index < -0.39 is 5.56 Å². The van der Waals surface area contributed by atoms with Gasteiger partial charge in [-0.1, -0.05) is 18.2 Å². The highest BCUT2D eigenvalue weighted by atomic mass is 16.5. The van der Waals surface area contributed by atoms with Crippen molar-refractivity contribution in [1.82, 2.24) is 10.2 Å². The van der Waals surface area contributed by atoms with Crippen LogP contribution >= 0.6 is 0 Å². The third-order valence-corrected chi connectivity index (χ3v) is 3.90. The maximum Gasteiger partial charge on any atom is 0.270 e. The van der Waals surface area contributed by atoms with Crippen molar-refractivity contribution in [2.24, 2.45) is 0 Å². The van der Waals surface area contributed by atoms with Crippen LogP contribution in [0.15, 0.2) is 52.1 Å². The van der Waals surface area contributed by atoms with Gasteiger partial charge in [0, 0.05) is 12.1 Å². The molecule has 7 heteroatoms. The second-order valence-corrected chi connectivity index (χ2v) is 5.53. The van der Waals surface area contributed by atoms with E-state index in [-0.39, 0.29) is 28.7 Å². The van der Waals surface area contributed by atoms with Crippen molar-refractivity contribution in [2.75, 3.05) is 12.4 Å². The number of benzene rings is 2. The van der Waals surface area contributed by atoms with Gasteiger partial charge in [0.1, 0.15) is 5.75 Å². The number of nitrogens with one attached hydrogen (secondary N) is 3. The van der Waals surface area contributed by atoms with Gasteiger partial charge in [0.2, 0.25) is 5.91 Å². The lowest BCUT2D eigenvalue weighted by molar-refractivity contribution is -0.116. The molecular formula is C18H17N3O4. The van der Waals surface area contributed by atoms with Crippen LogP contribution in [0.3, 0.4) is 0 Å². The van der Waals surface area contributed by atoms with Crippen LogP contribution in [-0.2, 0) is 11.2 Å². The number of H-pyrrole nitrogens is 2. The van der Waals surface area contributed by atoms with Crippen molar-refractivity contribution in [1.29, 1.82) is 0 Å². The van der Waals surface area contributed by atoms with Crippen LogP contribution in [0.2, 0.25) is 0 Å². The smallest absolute Gasteiger partial charge is 0.270 e. The van der Waals surface area contributed by atoms with Gasteiger partial charge in [0.25, 0.3) is 11.1 Å². The van der Waals surface area contributed by atoms with Crippen molar-refractivity contribution in [3.8, 4) is 5.75 Å². The van der Waals surface area contributed by atoms with Gasteiger partial charge < -0.3 is 10.1 Å². The Kier molecular flexibility index (Phi) is 4.65. The number of methoxy groups -OCH3 is 1. The third kappa shape index (κ3) is 3.60. The molecule has 0 unspecified atom stereocenters. The van der Waals surface area contributed by atoms with Gasteiger partial charge in [0.15, 0.2) is 0 Å². The first-order chi connectivity index (χ1) is 12.1. The monoisotopic (exact) mass is 339 g/mol. The molecule has 0 saturated carbocycles. The van der Waals surface area contributed by atoms with Crippen molar-refractivity contribution in [3.63, 3.8) is 0 Å². The Labute approximate surface area is 142 Å². The summed E-state index contributed by atoms with van der Waals surface area (Å²) in [7, 11) is 1.59. The fourth-order valence-corrected chi connectivity index (χ4v) is 2.64. The van der Waals surface area contributed by atoms with E-state index in [1.807, 2.05) is 24.3 Å². The first kappa shape index (κ1) is 16.5. The van der Waals surface area contributed by atoms with Gasteiger partial charge in [-0.25, -0.2) is 0 Å². The van der Waals surface area contributed by atoms with Crippen molar-refractivity contribution in [3.05, 3.63) is 68.7 Å². The Morgan fingerprint density at radius 2 is 1.76 bits per heavy atom. The predicted octanol–water partition coefficient (Wildman–Crippen LogP) is 1.80. The molecule has 0 fully saturated rings. The molecule has 0 saturated heterocycles. The molecule has 0 bridgehead atoms. The summed E-state index contributed by atoms with van der Waals surface area (Å²) in [4.78, 5) is 35.6. The Hall–Kier alpha value is -3.35. The molecule has 2 aromatic carbocycles. The molecule has 1 heterocycles. The lowest BCUT2D eigenvalue weighted by atomic mass is 10.1. The molecule has 128 valence electrons. The minimum Gasteiger partial charge on any atom is -0.496 e. The fraction of sp³-hybridized carbons (Fsp3) is 0.167. The van der Waals surface area contributed by atoms with E-state index in [1.165, 1.54) is 12.1 Å². The standard InChI is InChI=1S/C18H17N3O4/c1-25-15-5-3-2-4-11(15)6-9-16(22)19-12-7-8-13-14(10-12)18(24)21-20-17(13)23/h2-5,7-8,10H,6,9H2,1H3,(H,19,22)(H,20,23)(H,21,24). The molecule has 1 aromatic heterocycles. The molecular weight excluding hydrogens is 322 g/mol. The molecule has 25 heavy (non-hydrogen) atoms. The summed E-state index contributed by atoms with van der Waals surface area (Å²) in [6.07, 6.45) is 0.799. The lowest BCUT2D eigenvalue weighted by Gasteiger charge is -2.09. The second-order valence-electron chi connectivity index (χ2n) is 5.53. The number of anilines is 1. The van der Waals surface area contributed by atoms with E-state index in [0.717, 1.165) is 11.3 Å². The van der Waals surface area contributed by atoms with E-state index in [0.29, 0.717) is 12.1 Å². The maximum absolute atomic E-state index is 12.2. The number of carbonyl (C=O) groups excluding carboxylic acids is 1. The number of aromatic amines is 2. The van der Waals surface area contributed by atoms with Crippen LogP contribution in [0.4, 0.5) is 5.69 Å². The third-order valence-electron chi connectivity index (χ3n) is 3.90. The van der Waals surface area contributed by atoms with Crippen LogP contribution < -0.4 is 21.2 Å². The largest absolute Gasteiger partial charge is 0.496 e. The summed E-state index contributed by atoms with van der Waals surface area (Å²) in [5.41, 5.74) is 0.610. The normalized spacial score (nSPS) is 10.6. The highest BCUT2D eigenvalue weighted by Crippen LogP contribution is 2.19. The predicted molar refractivity (Wildman–Crippen MR) is 95.1 cm³/mol. The summed E-state index contributed by atoms with van der Waals surface area (Å²) in [5, 5.41) is 7.77. The minimum atomic E-state index is -0.417. The molecule has 0 aliphatic heterocycles. The fourth-order valence-electron chi connectivity index (χ4n) is 2.64. The topological polar surface area (TPSA) is 104 Å². The van der Waals surface area contributed by atoms with E-state index in [9.17, 15) is 14.4 Å². The molecule has 0 radical (unpaired) electrons. The van der Waals surface area contributed by atoms with E-state index in [4.69, 9.17) is 4.74 Å². The Balaban J connectivity index is 1.73. The average Bonchev–Trinajstić information content (AvgIpc) is 2.63. The molecule has 0 atom stereocenters. The molecule has 3 rings (SSSR count). The van der Waals surface area contributed by atoms with E-state index >= 15 is 0 Å². The Bertz CT molecular complexity index is 1040. The highest BCUT2D eigenvalue weighted by molar-refractivity contribution is 5.94. The number of para-hydroxylation sites is 1. The number of hydrogen-bond donors (Lipinski definition) is 3. The number of ether oxygens (including phenoxy) is 1. The van der Waals surface area contributed by atoms with Gasteiger partial charge in [-0.3, -0.25) is 24.6 Å². The van der Waals surface area contributed by atoms with Gasteiger partial charge in [-0.05, 0) is 36.2 Å². The molecule has 1 amide bonds. The number of amides is 1. The zero-order valence-corrected chi connectivity index (χ0v) is 13.6. The average molecular weight is 339 g/mol. The molecule has 7 nitrogen and oxygen atoms in total. The minimum absolute atomic E-state index is 0.188. The second kappa shape index (κ2) is 7.04. The molecule has 0 aliphatic rings. The zero-order valence-electron chi connectivity index (χ0n) is 13.6. The van der Waals surface area contributed by atoms with Gasteiger partial charge in [-0.15, -0.1) is 0 Å². The van der Waals surface area contributed by atoms with Crippen LogP contribution in [0, 0.1) is 0 Å². The zero-order chi connectivity index (χ0) is 17.8. The van der Waals surface area contributed by atoms with Gasteiger partial charge in [-0.2, -0.15) is 0 Å². The quantitative estimate of drug-likeness (QED) is 0.659. The van der Waals surface area contributed by atoms with Crippen molar-refractivity contribution < 1.29 is 9.53 Å². The Morgan fingerprint density at radius 1 is 1.04 bits per heavy atom. The van der Waals surface area contributed by atoms with Crippen molar-refractivity contribution in [2.45, 2.75) is 12.8 Å². The van der Waals surface area contributed by atoms with Gasteiger partial charge >= 0.3 is 0 Å². The Morgan fingerprint density at radius 3 is 2.52 bits per heavy atom. The maximum atomic E-state index is 12.2. The van der Waals surface area contributed by atoms with Crippen molar-refractivity contribution >= 4 is 22.4 Å². The lowest BCUT2D eigenvalue weighted by Crippen LogP contribution is -2.19. The molecule has 3 N–H and O–H groups in total. The van der Waals surface area contributed by atoms with Gasteiger partial charge in [0.05, 0.1) is 17.9 Å². The summed E-state index contributed by atoms with van der Waals surface area (Å²) in [5.74, 6) is 0.554. The number of fused-ring (bicyclic) bond motifs is 1. The molecule has 0 aliphatic carbocycles. The summed E-state index contributed by atoms with van der Waals surface area (Å²) < 4.78 is 5.27. The van der Waals surface area contributed by atoms with E-state index in [1.54, 1.807) is 13.2 Å². The van der Waals surface area contributed by atoms with Crippen LogP contribution in [-0.4, -0.2) is 23.2 Å². The van der Waals surface area contributed by atoms with E-state index in [2.05, 4.69) is 15.5 Å². The summed E-state index contributed by atoms with van der Waals surface area (Å²) in [6.45, 7) is 0. The SMILES string of the molecule is COc1ccccc1CCC(=O)Nc1ccc2c(=O)[nH][nH]c(=O)c2c1. The number of rotatable bonds is 5. The number of hydrogen-bond acceptors (Lipinski definition) is 4. The first-order valence-electron chi connectivity index (χ1n) is 7.75. The number of carbonyl (C=O) groups is 1. The van der Waals surface area contributed by atoms with Crippen LogP contribution in [0.25, 0.3) is 10.8 Å². The summed E-state index contributed by atoms with van der Waals surface area (Å²) in [6, 6.07) is 12.1.